The number of amides is 1. The third-order valence-electron chi connectivity index (χ3n) is 2.90. The maximum Gasteiger partial charge on any atom is 0.226 e. The molecule has 1 N–H and O–H groups in total. The Morgan fingerprint density at radius 2 is 2.39 bits per heavy atom. The molecule has 5 heteroatoms. The third kappa shape index (κ3) is 3.43. The number of ether oxygens (including phenoxy) is 1. The first kappa shape index (κ1) is 12.8. The molecule has 1 fully saturated rings. The fraction of sp³-hybridized carbons (Fsp3) is 0.462. The van der Waals surface area contributed by atoms with Gasteiger partial charge in [0.25, 0.3) is 0 Å². The number of benzene rings is 1. The number of likely N-dealkylation sites (tertiary alicyclic amines) is 1. The van der Waals surface area contributed by atoms with Crippen molar-refractivity contribution in [1.29, 1.82) is 0 Å². The van der Waals surface area contributed by atoms with Crippen molar-refractivity contribution in [2.45, 2.75) is 18.9 Å². The largest absolute Gasteiger partial charge is 0.493 e. The van der Waals surface area contributed by atoms with Gasteiger partial charge in [-0.3, -0.25) is 4.79 Å². The summed E-state index contributed by atoms with van der Waals surface area (Å²) in [6.07, 6.45) is 0.470. The first-order chi connectivity index (χ1) is 8.65. The van der Waals surface area contributed by atoms with Crippen LogP contribution in [0.3, 0.4) is 0 Å². The third-order valence-corrected chi connectivity index (χ3v) is 2.90. The normalized spacial score (nSPS) is 19.0. The predicted octanol–water partition coefficient (Wildman–Crippen LogP) is 1.19. The highest BCUT2D eigenvalue weighted by molar-refractivity contribution is 5.76. The van der Waals surface area contributed by atoms with E-state index in [1.165, 1.54) is 12.1 Å². The highest BCUT2D eigenvalue weighted by Gasteiger charge is 2.23. The number of β-amino-alcohol motifs (C(OH)–C–C–N with tert-alkyl or cyclic N) is 1. The van der Waals surface area contributed by atoms with E-state index in [0.717, 1.165) is 0 Å². The second kappa shape index (κ2) is 5.82. The van der Waals surface area contributed by atoms with E-state index in [0.29, 0.717) is 25.3 Å². The fourth-order valence-corrected chi connectivity index (χ4v) is 1.94. The van der Waals surface area contributed by atoms with Gasteiger partial charge in [0.1, 0.15) is 11.6 Å². The molecule has 1 atom stereocenters. The van der Waals surface area contributed by atoms with Crippen molar-refractivity contribution < 1.29 is 19.0 Å². The van der Waals surface area contributed by atoms with Crippen molar-refractivity contribution in [2.24, 2.45) is 0 Å². The Morgan fingerprint density at radius 1 is 1.56 bits per heavy atom. The lowest BCUT2D eigenvalue weighted by atomic mass is 10.3. The SMILES string of the molecule is O=C(CCOc1cccc(F)c1)N1CC[C@@H](O)C1. The molecule has 0 aromatic heterocycles. The van der Waals surface area contributed by atoms with E-state index in [1.54, 1.807) is 17.0 Å². The Balaban J connectivity index is 1.73. The quantitative estimate of drug-likeness (QED) is 0.876. The van der Waals surface area contributed by atoms with Gasteiger partial charge in [0.15, 0.2) is 0 Å². The van der Waals surface area contributed by atoms with Crippen LogP contribution in [0, 0.1) is 5.82 Å². The van der Waals surface area contributed by atoms with Crippen molar-refractivity contribution in [1.82, 2.24) is 4.90 Å². The lowest BCUT2D eigenvalue weighted by Gasteiger charge is -2.15. The molecule has 1 heterocycles. The Kier molecular flexibility index (Phi) is 4.15. The van der Waals surface area contributed by atoms with Crippen LogP contribution in [0.1, 0.15) is 12.8 Å². The van der Waals surface area contributed by atoms with Gasteiger partial charge in [0.05, 0.1) is 19.1 Å². The Morgan fingerprint density at radius 3 is 3.06 bits per heavy atom. The molecule has 1 aliphatic rings. The fourth-order valence-electron chi connectivity index (χ4n) is 1.94. The summed E-state index contributed by atoms with van der Waals surface area (Å²) in [7, 11) is 0. The number of carbonyl (C=O) groups excluding carboxylic acids is 1. The van der Waals surface area contributed by atoms with Crippen LogP contribution in [0.25, 0.3) is 0 Å². The topological polar surface area (TPSA) is 49.8 Å². The number of aliphatic hydroxyl groups excluding tert-OH is 1. The van der Waals surface area contributed by atoms with Crippen molar-refractivity contribution in [3.63, 3.8) is 0 Å². The van der Waals surface area contributed by atoms with Gasteiger partial charge in [-0.1, -0.05) is 6.07 Å². The maximum absolute atomic E-state index is 12.9. The smallest absolute Gasteiger partial charge is 0.226 e. The van der Waals surface area contributed by atoms with E-state index in [2.05, 4.69) is 0 Å². The summed E-state index contributed by atoms with van der Waals surface area (Å²) in [4.78, 5) is 13.3. The lowest BCUT2D eigenvalue weighted by molar-refractivity contribution is -0.131. The minimum atomic E-state index is -0.405. The van der Waals surface area contributed by atoms with Crippen LogP contribution in [0.4, 0.5) is 4.39 Å². The molecule has 1 saturated heterocycles. The highest BCUT2D eigenvalue weighted by Crippen LogP contribution is 2.13. The highest BCUT2D eigenvalue weighted by atomic mass is 19.1. The standard InChI is InChI=1S/C13H16FNO3/c14-10-2-1-3-12(8-10)18-7-5-13(17)15-6-4-11(16)9-15/h1-3,8,11,16H,4-7,9H2/t11-/m1/s1. The van der Waals surface area contributed by atoms with Crippen molar-refractivity contribution in [3.05, 3.63) is 30.1 Å². The zero-order valence-corrected chi connectivity index (χ0v) is 10.0. The summed E-state index contributed by atoms with van der Waals surface area (Å²) in [5.74, 6) is 0.0219. The molecule has 4 nitrogen and oxygen atoms in total. The summed E-state index contributed by atoms with van der Waals surface area (Å²) in [5.41, 5.74) is 0. The summed E-state index contributed by atoms with van der Waals surface area (Å²) >= 11 is 0. The summed E-state index contributed by atoms with van der Waals surface area (Å²) in [6, 6.07) is 5.82. The van der Waals surface area contributed by atoms with Gasteiger partial charge in [-0.2, -0.15) is 0 Å². The molecule has 0 spiro atoms. The second-order valence-electron chi connectivity index (χ2n) is 4.34. The molecular formula is C13H16FNO3. The lowest BCUT2D eigenvalue weighted by Crippen LogP contribution is -2.30. The van der Waals surface area contributed by atoms with E-state index in [9.17, 15) is 14.3 Å². The van der Waals surface area contributed by atoms with Crippen LogP contribution >= 0.6 is 0 Å². The molecule has 0 bridgehead atoms. The van der Waals surface area contributed by atoms with Crippen LogP contribution in [0.15, 0.2) is 24.3 Å². The van der Waals surface area contributed by atoms with Gasteiger partial charge >= 0.3 is 0 Å². The molecule has 2 rings (SSSR count). The molecule has 98 valence electrons. The molecule has 1 amide bonds. The molecule has 0 radical (unpaired) electrons. The van der Waals surface area contributed by atoms with Crippen molar-refractivity contribution in [3.8, 4) is 5.75 Å². The summed E-state index contributed by atoms with van der Waals surface area (Å²) in [5, 5.41) is 9.32. The zero-order chi connectivity index (χ0) is 13.0. The summed E-state index contributed by atoms with van der Waals surface area (Å²) in [6.45, 7) is 1.22. The van der Waals surface area contributed by atoms with Crippen LogP contribution in [0.5, 0.6) is 5.75 Å². The zero-order valence-electron chi connectivity index (χ0n) is 10.0. The Bertz CT molecular complexity index is 424. The maximum atomic E-state index is 12.9. The molecule has 1 aliphatic heterocycles. The van der Waals surface area contributed by atoms with Crippen LogP contribution in [0.2, 0.25) is 0 Å². The van der Waals surface area contributed by atoms with Crippen LogP contribution in [-0.4, -0.2) is 41.7 Å². The van der Waals surface area contributed by atoms with E-state index < -0.39 is 6.10 Å². The monoisotopic (exact) mass is 253 g/mol. The molecule has 0 unspecified atom stereocenters. The predicted molar refractivity (Wildman–Crippen MR) is 63.7 cm³/mol. The van der Waals surface area contributed by atoms with Crippen molar-refractivity contribution >= 4 is 5.91 Å². The average Bonchev–Trinajstić information content (AvgIpc) is 2.76. The van der Waals surface area contributed by atoms with Crippen molar-refractivity contribution in [2.75, 3.05) is 19.7 Å². The second-order valence-corrected chi connectivity index (χ2v) is 4.34. The van der Waals surface area contributed by atoms with Gasteiger partial charge in [-0.05, 0) is 18.6 Å². The number of rotatable bonds is 4. The summed E-state index contributed by atoms with van der Waals surface area (Å²) < 4.78 is 18.2. The number of halogens is 1. The molecule has 1 aromatic carbocycles. The van der Waals surface area contributed by atoms with E-state index in [-0.39, 0.29) is 24.8 Å². The molecule has 1 aromatic rings. The van der Waals surface area contributed by atoms with Gasteiger partial charge in [0.2, 0.25) is 5.91 Å². The first-order valence-corrected chi connectivity index (χ1v) is 5.99. The van der Waals surface area contributed by atoms with Gasteiger partial charge < -0.3 is 14.7 Å². The van der Waals surface area contributed by atoms with Crippen LogP contribution in [-0.2, 0) is 4.79 Å². The molecule has 18 heavy (non-hydrogen) atoms. The minimum Gasteiger partial charge on any atom is -0.493 e. The number of hydrogen-bond donors (Lipinski definition) is 1. The molecule has 0 aliphatic carbocycles. The molecular weight excluding hydrogens is 237 g/mol. The van der Waals surface area contributed by atoms with Gasteiger partial charge in [-0.15, -0.1) is 0 Å². The first-order valence-electron chi connectivity index (χ1n) is 5.99. The van der Waals surface area contributed by atoms with Gasteiger partial charge in [0, 0.05) is 19.2 Å². The number of carbonyl (C=O) groups is 1. The number of aliphatic hydroxyl groups is 1. The minimum absolute atomic E-state index is 0.0389. The number of nitrogens with zero attached hydrogens (tertiary/aromatic N) is 1. The Hall–Kier alpha value is -1.62. The van der Waals surface area contributed by atoms with Gasteiger partial charge in [-0.25, -0.2) is 4.39 Å². The van der Waals surface area contributed by atoms with E-state index in [4.69, 9.17) is 4.74 Å². The average molecular weight is 253 g/mol. The number of hydrogen-bond acceptors (Lipinski definition) is 3. The van der Waals surface area contributed by atoms with E-state index >= 15 is 0 Å². The van der Waals surface area contributed by atoms with E-state index in [1.807, 2.05) is 0 Å². The van der Waals surface area contributed by atoms with Crippen LogP contribution < -0.4 is 4.74 Å². The molecule has 0 saturated carbocycles. The Labute approximate surface area is 105 Å².